The van der Waals surface area contributed by atoms with Crippen molar-refractivity contribution in [3.05, 3.63) is 29.9 Å². The Hall–Kier alpha value is -2.20. The number of hydrogen-bond donors (Lipinski definition) is 2. The highest BCUT2D eigenvalue weighted by molar-refractivity contribution is 7.89. The highest BCUT2D eigenvalue weighted by Gasteiger charge is 2.17. The molecule has 0 fully saturated rings. The number of rotatable bonds is 6. The third-order valence-corrected chi connectivity index (χ3v) is 3.69. The molecule has 0 saturated heterocycles. The van der Waals surface area contributed by atoms with Gasteiger partial charge in [-0.1, -0.05) is 5.16 Å². The number of nitrogens with zero attached hydrogens (tertiary/aromatic N) is 3. The Balaban J connectivity index is 2.06. The second-order valence-corrected chi connectivity index (χ2v) is 5.79. The fraction of sp³-hybridized carbons (Fsp3) is 0.300. The molecule has 9 nitrogen and oxygen atoms in total. The largest absolute Gasteiger partial charge is 0.480 e. The van der Waals surface area contributed by atoms with Gasteiger partial charge in [0.05, 0.1) is 18.4 Å². The zero-order valence-electron chi connectivity index (χ0n) is 10.5. The van der Waals surface area contributed by atoms with Crippen LogP contribution in [-0.4, -0.2) is 34.4 Å². The Morgan fingerprint density at radius 1 is 1.55 bits per heavy atom. The molecule has 0 saturated carbocycles. The van der Waals surface area contributed by atoms with Gasteiger partial charge in [0.1, 0.15) is 17.2 Å². The summed E-state index contributed by atoms with van der Waals surface area (Å²) in [4.78, 5) is 10.4. The summed E-state index contributed by atoms with van der Waals surface area (Å²) < 4.78 is 32.0. The number of carbonyl (C=O) groups is 1. The van der Waals surface area contributed by atoms with Crippen molar-refractivity contribution in [3.63, 3.8) is 0 Å². The standard InChI is InChI=1S/C10H12N4O5S/c1-7-2-8(13-19-7)3-12-20(17,18)9-4-11-14(5-9)6-10(15)16/h2,4-5,12H,3,6H2,1H3,(H,15,16). The van der Waals surface area contributed by atoms with E-state index in [0.29, 0.717) is 11.5 Å². The van der Waals surface area contributed by atoms with Crippen LogP contribution in [0.4, 0.5) is 0 Å². The van der Waals surface area contributed by atoms with Gasteiger partial charge in [-0.3, -0.25) is 9.48 Å². The van der Waals surface area contributed by atoms with E-state index < -0.39 is 22.5 Å². The lowest BCUT2D eigenvalue weighted by Gasteiger charge is -2.01. The minimum absolute atomic E-state index is 0.0240. The van der Waals surface area contributed by atoms with Crippen molar-refractivity contribution in [2.45, 2.75) is 24.9 Å². The Labute approximate surface area is 114 Å². The van der Waals surface area contributed by atoms with E-state index in [1.54, 1.807) is 13.0 Å². The van der Waals surface area contributed by atoms with Crippen LogP contribution in [0.25, 0.3) is 0 Å². The van der Waals surface area contributed by atoms with Crippen molar-refractivity contribution in [2.75, 3.05) is 0 Å². The van der Waals surface area contributed by atoms with Crippen LogP contribution in [0.1, 0.15) is 11.5 Å². The van der Waals surface area contributed by atoms with E-state index >= 15 is 0 Å². The van der Waals surface area contributed by atoms with Crippen LogP contribution in [0.15, 0.2) is 27.9 Å². The maximum Gasteiger partial charge on any atom is 0.325 e. The molecule has 0 spiro atoms. The Morgan fingerprint density at radius 2 is 2.30 bits per heavy atom. The van der Waals surface area contributed by atoms with Gasteiger partial charge < -0.3 is 9.63 Å². The molecule has 2 aromatic heterocycles. The van der Waals surface area contributed by atoms with Crippen molar-refractivity contribution in [2.24, 2.45) is 0 Å². The summed E-state index contributed by atoms with van der Waals surface area (Å²) in [6.45, 7) is 1.27. The summed E-state index contributed by atoms with van der Waals surface area (Å²) in [5.41, 5.74) is 0.448. The van der Waals surface area contributed by atoms with Crippen LogP contribution in [0.3, 0.4) is 0 Å². The van der Waals surface area contributed by atoms with Gasteiger partial charge in [-0.05, 0) is 6.92 Å². The predicted molar refractivity (Wildman–Crippen MR) is 65.1 cm³/mol. The van der Waals surface area contributed by atoms with Gasteiger partial charge in [-0.2, -0.15) is 5.10 Å². The minimum atomic E-state index is -3.77. The molecule has 0 unspecified atom stereocenters. The molecule has 2 rings (SSSR count). The molecule has 10 heteroatoms. The molecule has 0 aliphatic rings. The van der Waals surface area contributed by atoms with Crippen LogP contribution >= 0.6 is 0 Å². The number of aryl methyl sites for hydroxylation is 1. The topological polar surface area (TPSA) is 127 Å². The van der Waals surface area contributed by atoms with Gasteiger partial charge >= 0.3 is 5.97 Å². The van der Waals surface area contributed by atoms with Gasteiger partial charge in [0.2, 0.25) is 10.0 Å². The monoisotopic (exact) mass is 300 g/mol. The number of carboxylic acid groups (broad SMARTS) is 1. The number of aliphatic carboxylic acids is 1. The number of sulfonamides is 1. The molecule has 0 amide bonds. The second kappa shape index (κ2) is 5.43. The maximum atomic E-state index is 11.9. The molecule has 0 aromatic carbocycles. The van der Waals surface area contributed by atoms with E-state index in [1.807, 2.05) is 0 Å². The quantitative estimate of drug-likeness (QED) is 0.752. The second-order valence-electron chi connectivity index (χ2n) is 4.02. The molecule has 2 N–H and O–H groups in total. The number of nitrogens with one attached hydrogen (secondary N) is 1. The zero-order chi connectivity index (χ0) is 14.8. The van der Waals surface area contributed by atoms with Crippen LogP contribution in [0.2, 0.25) is 0 Å². The van der Waals surface area contributed by atoms with Crippen molar-refractivity contribution in [1.82, 2.24) is 19.7 Å². The minimum Gasteiger partial charge on any atom is -0.480 e. The first-order valence-corrected chi connectivity index (χ1v) is 7.01. The highest BCUT2D eigenvalue weighted by Crippen LogP contribution is 2.08. The van der Waals surface area contributed by atoms with Crippen LogP contribution in [0, 0.1) is 6.92 Å². The van der Waals surface area contributed by atoms with Gasteiger partial charge in [-0.25, -0.2) is 13.1 Å². The average Bonchev–Trinajstić information content (AvgIpc) is 2.95. The van der Waals surface area contributed by atoms with E-state index in [0.717, 1.165) is 17.1 Å². The first-order valence-electron chi connectivity index (χ1n) is 5.53. The van der Waals surface area contributed by atoms with Gasteiger partial charge in [0, 0.05) is 12.3 Å². The number of hydrogen-bond acceptors (Lipinski definition) is 6. The van der Waals surface area contributed by atoms with Crippen molar-refractivity contribution >= 4 is 16.0 Å². The lowest BCUT2D eigenvalue weighted by molar-refractivity contribution is -0.137. The molecule has 2 heterocycles. The molecule has 108 valence electrons. The smallest absolute Gasteiger partial charge is 0.325 e. The van der Waals surface area contributed by atoms with Gasteiger partial charge in [-0.15, -0.1) is 0 Å². The third-order valence-electron chi connectivity index (χ3n) is 2.34. The molecule has 0 aliphatic heterocycles. The highest BCUT2D eigenvalue weighted by atomic mass is 32.2. The fourth-order valence-corrected chi connectivity index (χ4v) is 2.41. The Kier molecular flexibility index (Phi) is 3.86. The molecular weight excluding hydrogens is 288 g/mol. The Morgan fingerprint density at radius 3 is 2.90 bits per heavy atom. The van der Waals surface area contributed by atoms with Crippen molar-refractivity contribution < 1.29 is 22.8 Å². The van der Waals surface area contributed by atoms with E-state index in [4.69, 9.17) is 9.63 Å². The number of carboxylic acids is 1. The lowest BCUT2D eigenvalue weighted by Crippen LogP contribution is -2.23. The summed E-state index contributed by atoms with van der Waals surface area (Å²) in [5, 5.41) is 15.9. The normalized spacial score (nSPS) is 11.7. The third kappa shape index (κ3) is 3.42. The summed E-state index contributed by atoms with van der Waals surface area (Å²) >= 11 is 0. The van der Waals surface area contributed by atoms with Crippen LogP contribution in [-0.2, 0) is 27.9 Å². The number of aromatic nitrogens is 3. The molecular formula is C10H12N4O5S. The van der Waals surface area contributed by atoms with Crippen molar-refractivity contribution in [1.29, 1.82) is 0 Å². The van der Waals surface area contributed by atoms with Crippen LogP contribution < -0.4 is 4.72 Å². The molecule has 0 atom stereocenters. The zero-order valence-corrected chi connectivity index (χ0v) is 11.3. The summed E-state index contributed by atoms with van der Waals surface area (Å²) in [5.74, 6) is -0.531. The van der Waals surface area contributed by atoms with E-state index in [2.05, 4.69) is 15.0 Å². The first-order chi connectivity index (χ1) is 9.37. The molecule has 0 aliphatic carbocycles. The van der Waals surface area contributed by atoms with Gasteiger partial charge in [0.25, 0.3) is 0 Å². The predicted octanol–water partition coefficient (Wildman–Crippen LogP) is -0.257. The fourth-order valence-electron chi connectivity index (χ4n) is 1.46. The molecule has 20 heavy (non-hydrogen) atoms. The maximum absolute atomic E-state index is 11.9. The molecule has 2 aromatic rings. The van der Waals surface area contributed by atoms with Crippen LogP contribution in [0.5, 0.6) is 0 Å². The van der Waals surface area contributed by atoms with Crippen molar-refractivity contribution in [3.8, 4) is 0 Å². The van der Waals surface area contributed by atoms with E-state index in [-0.39, 0.29) is 11.4 Å². The lowest BCUT2D eigenvalue weighted by atomic mass is 10.4. The first kappa shape index (κ1) is 14.2. The molecule has 0 bridgehead atoms. The van der Waals surface area contributed by atoms with Gasteiger partial charge in [0.15, 0.2) is 0 Å². The Bertz CT molecular complexity index is 718. The average molecular weight is 300 g/mol. The summed E-state index contributed by atoms with van der Waals surface area (Å²) in [6.07, 6.45) is 2.23. The van der Waals surface area contributed by atoms with E-state index in [1.165, 1.54) is 0 Å². The van der Waals surface area contributed by atoms with E-state index in [9.17, 15) is 13.2 Å². The SMILES string of the molecule is Cc1cc(CNS(=O)(=O)c2cnn(CC(=O)O)c2)no1. The summed E-state index contributed by atoms with van der Waals surface area (Å²) in [6, 6.07) is 1.61. The molecule has 0 radical (unpaired) electrons. The summed E-state index contributed by atoms with van der Waals surface area (Å²) in [7, 11) is -3.77.